The second-order valence-corrected chi connectivity index (χ2v) is 2.79. The van der Waals surface area contributed by atoms with E-state index in [1.165, 1.54) is 12.1 Å². The van der Waals surface area contributed by atoms with E-state index < -0.39 is 11.6 Å². The van der Waals surface area contributed by atoms with Gasteiger partial charge in [-0.15, -0.1) is 0 Å². The van der Waals surface area contributed by atoms with Crippen molar-refractivity contribution in [1.82, 2.24) is 0 Å². The molecule has 0 bridgehead atoms. The maximum absolute atomic E-state index is 13.0. The lowest BCUT2D eigenvalue weighted by Gasteiger charge is -2.07. The van der Waals surface area contributed by atoms with Crippen molar-refractivity contribution in [3.63, 3.8) is 0 Å². The summed E-state index contributed by atoms with van der Waals surface area (Å²) >= 11 is 0. The van der Waals surface area contributed by atoms with Crippen molar-refractivity contribution in [2.24, 2.45) is 5.73 Å². The van der Waals surface area contributed by atoms with Crippen LogP contribution >= 0.6 is 0 Å². The Morgan fingerprint density at radius 2 is 2.14 bits per heavy atom. The first kappa shape index (κ1) is 10.7. The molecular weight excluding hydrogens is 188 g/mol. The molecule has 4 heteroatoms. The van der Waals surface area contributed by atoms with Crippen LogP contribution in [0.3, 0.4) is 0 Å². The molecule has 2 nitrogen and oxygen atoms in total. The minimum absolute atomic E-state index is 0.0941. The summed E-state index contributed by atoms with van der Waals surface area (Å²) in [5, 5.41) is 0. The lowest BCUT2D eigenvalue weighted by Crippen LogP contribution is -2.10. The van der Waals surface area contributed by atoms with Gasteiger partial charge in [0.2, 0.25) is 5.82 Å². The average molecular weight is 199 g/mol. The van der Waals surface area contributed by atoms with E-state index >= 15 is 0 Å². The number of rotatable bonds is 4. The molecule has 0 fully saturated rings. The number of benzene rings is 1. The highest BCUT2D eigenvalue weighted by Crippen LogP contribution is 2.19. The number of nitrogens with two attached hydrogens (primary N) is 1. The standard InChI is InChI=1S/C10H11F2NO/c1-7(5-13)6-14-9-4-2-3-8(11)10(9)12/h2-4H,1,5-6,13H2. The molecule has 1 rings (SSSR count). The highest BCUT2D eigenvalue weighted by Gasteiger charge is 2.08. The summed E-state index contributed by atoms with van der Waals surface area (Å²) in [6.07, 6.45) is 0. The van der Waals surface area contributed by atoms with Gasteiger partial charge in [-0.3, -0.25) is 0 Å². The monoisotopic (exact) mass is 199 g/mol. The molecule has 0 spiro atoms. The van der Waals surface area contributed by atoms with Crippen LogP contribution in [0.5, 0.6) is 5.75 Å². The van der Waals surface area contributed by atoms with Crippen molar-refractivity contribution < 1.29 is 13.5 Å². The van der Waals surface area contributed by atoms with Crippen molar-refractivity contribution in [2.45, 2.75) is 0 Å². The van der Waals surface area contributed by atoms with E-state index in [0.29, 0.717) is 5.57 Å². The Morgan fingerprint density at radius 1 is 1.43 bits per heavy atom. The third-order valence-corrected chi connectivity index (χ3v) is 1.64. The van der Waals surface area contributed by atoms with Crippen molar-refractivity contribution in [3.8, 4) is 5.75 Å². The quantitative estimate of drug-likeness (QED) is 0.751. The van der Waals surface area contributed by atoms with Crippen LogP contribution in [0.4, 0.5) is 8.78 Å². The van der Waals surface area contributed by atoms with Gasteiger partial charge in [-0.05, 0) is 17.7 Å². The molecule has 0 aliphatic carbocycles. The lowest BCUT2D eigenvalue weighted by atomic mass is 10.3. The number of halogens is 2. The Bertz CT molecular complexity index is 339. The molecular formula is C10H11F2NO. The van der Waals surface area contributed by atoms with Gasteiger partial charge < -0.3 is 10.5 Å². The molecule has 0 saturated heterocycles. The van der Waals surface area contributed by atoms with Crippen molar-refractivity contribution in [2.75, 3.05) is 13.2 Å². The second-order valence-electron chi connectivity index (χ2n) is 2.79. The van der Waals surface area contributed by atoms with E-state index in [1.807, 2.05) is 0 Å². The van der Waals surface area contributed by atoms with Gasteiger partial charge >= 0.3 is 0 Å². The van der Waals surface area contributed by atoms with Crippen LogP contribution in [0.15, 0.2) is 30.4 Å². The van der Waals surface area contributed by atoms with Crippen molar-refractivity contribution in [3.05, 3.63) is 42.0 Å². The molecule has 2 N–H and O–H groups in total. The average Bonchev–Trinajstić information content (AvgIpc) is 2.20. The molecule has 0 aliphatic rings. The molecule has 1 aromatic rings. The molecule has 76 valence electrons. The fourth-order valence-electron chi connectivity index (χ4n) is 0.834. The molecule has 0 aromatic heterocycles. The maximum atomic E-state index is 13.0. The Hall–Kier alpha value is -1.42. The number of hydrogen-bond donors (Lipinski definition) is 1. The smallest absolute Gasteiger partial charge is 0.200 e. The topological polar surface area (TPSA) is 35.2 Å². The molecule has 14 heavy (non-hydrogen) atoms. The molecule has 1 aromatic carbocycles. The predicted molar refractivity (Wildman–Crippen MR) is 50.0 cm³/mol. The molecule has 0 aliphatic heterocycles. The van der Waals surface area contributed by atoms with Gasteiger partial charge in [-0.1, -0.05) is 12.6 Å². The predicted octanol–water partition coefficient (Wildman–Crippen LogP) is 1.86. The Balaban J connectivity index is 2.68. The lowest BCUT2D eigenvalue weighted by molar-refractivity contribution is 0.323. The minimum Gasteiger partial charge on any atom is -0.486 e. The summed E-state index contributed by atoms with van der Waals surface area (Å²) in [5.74, 6) is -2.04. The summed E-state index contributed by atoms with van der Waals surface area (Å²) in [6.45, 7) is 3.93. The van der Waals surface area contributed by atoms with E-state index in [0.717, 1.165) is 6.07 Å². The van der Waals surface area contributed by atoms with Crippen LogP contribution in [0.2, 0.25) is 0 Å². The van der Waals surface area contributed by atoms with E-state index in [-0.39, 0.29) is 18.9 Å². The fraction of sp³-hybridized carbons (Fsp3) is 0.200. The SMILES string of the molecule is C=C(CN)COc1cccc(F)c1F. The van der Waals surface area contributed by atoms with Crippen LogP contribution in [-0.4, -0.2) is 13.2 Å². The third kappa shape index (κ3) is 2.53. The molecule has 0 heterocycles. The first-order valence-corrected chi connectivity index (χ1v) is 4.08. The van der Waals surface area contributed by atoms with E-state index in [1.54, 1.807) is 0 Å². The van der Waals surface area contributed by atoms with Crippen molar-refractivity contribution in [1.29, 1.82) is 0 Å². The third-order valence-electron chi connectivity index (χ3n) is 1.64. The van der Waals surface area contributed by atoms with Crippen LogP contribution in [0.25, 0.3) is 0 Å². The van der Waals surface area contributed by atoms with E-state index in [2.05, 4.69) is 6.58 Å². The molecule has 0 radical (unpaired) electrons. The van der Waals surface area contributed by atoms with Crippen LogP contribution in [-0.2, 0) is 0 Å². The number of hydrogen-bond acceptors (Lipinski definition) is 2. The molecule has 0 amide bonds. The van der Waals surface area contributed by atoms with Gasteiger partial charge in [0, 0.05) is 6.54 Å². The first-order chi connectivity index (χ1) is 6.65. The minimum atomic E-state index is -0.989. The molecule has 0 unspecified atom stereocenters. The summed E-state index contributed by atoms with van der Waals surface area (Å²) < 4.78 is 30.7. The van der Waals surface area contributed by atoms with Gasteiger partial charge in [0.05, 0.1) is 0 Å². The Morgan fingerprint density at radius 3 is 2.79 bits per heavy atom. The zero-order valence-electron chi connectivity index (χ0n) is 7.59. The second kappa shape index (κ2) is 4.72. The van der Waals surface area contributed by atoms with Gasteiger partial charge in [-0.2, -0.15) is 4.39 Å². The first-order valence-electron chi connectivity index (χ1n) is 4.08. The highest BCUT2D eigenvalue weighted by atomic mass is 19.2. The van der Waals surface area contributed by atoms with Gasteiger partial charge in [-0.25, -0.2) is 4.39 Å². The van der Waals surface area contributed by atoms with Gasteiger partial charge in [0.25, 0.3) is 0 Å². The van der Waals surface area contributed by atoms with Crippen LogP contribution in [0.1, 0.15) is 0 Å². The van der Waals surface area contributed by atoms with E-state index in [4.69, 9.17) is 10.5 Å². The van der Waals surface area contributed by atoms with Gasteiger partial charge in [0.15, 0.2) is 11.6 Å². The zero-order chi connectivity index (χ0) is 10.6. The Kier molecular flexibility index (Phi) is 3.59. The molecule has 0 atom stereocenters. The largest absolute Gasteiger partial charge is 0.486 e. The zero-order valence-corrected chi connectivity index (χ0v) is 7.59. The van der Waals surface area contributed by atoms with Crippen LogP contribution < -0.4 is 10.5 Å². The molecule has 0 saturated carbocycles. The van der Waals surface area contributed by atoms with E-state index in [9.17, 15) is 8.78 Å². The summed E-state index contributed by atoms with van der Waals surface area (Å²) in [7, 11) is 0. The highest BCUT2D eigenvalue weighted by molar-refractivity contribution is 5.25. The normalized spacial score (nSPS) is 9.93. The fourth-order valence-corrected chi connectivity index (χ4v) is 0.834. The summed E-state index contributed by atoms with van der Waals surface area (Å²) in [4.78, 5) is 0. The van der Waals surface area contributed by atoms with Crippen molar-refractivity contribution >= 4 is 0 Å². The Labute approximate surface area is 81.0 Å². The summed E-state index contributed by atoms with van der Waals surface area (Å²) in [5.41, 5.74) is 5.88. The van der Waals surface area contributed by atoms with Gasteiger partial charge in [0.1, 0.15) is 6.61 Å². The van der Waals surface area contributed by atoms with Crippen LogP contribution in [0, 0.1) is 11.6 Å². The summed E-state index contributed by atoms with van der Waals surface area (Å²) in [6, 6.07) is 3.75. The maximum Gasteiger partial charge on any atom is 0.200 e. The number of ether oxygens (including phenoxy) is 1.